The number of hydrogen-bond donors (Lipinski definition) is 1. The van der Waals surface area contributed by atoms with Crippen molar-refractivity contribution in [1.82, 2.24) is 19.6 Å². The minimum absolute atomic E-state index is 0.361. The standard InChI is InChI=1S/C8H11N5O2/c1-9-7-11-6-5(14-2)4-10-8(15-3)13(6)12-7/h4H,1-3H3,(H,9,12). The SMILES string of the molecule is CNc1nc2c(OC)cnc(OC)n2n1. The zero-order valence-corrected chi connectivity index (χ0v) is 8.68. The Morgan fingerprint density at radius 1 is 1.33 bits per heavy atom. The van der Waals surface area contributed by atoms with Crippen LogP contribution in [0.15, 0.2) is 6.20 Å². The molecule has 80 valence electrons. The molecule has 0 aliphatic carbocycles. The molecule has 2 aromatic rings. The first-order valence-corrected chi connectivity index (χ1v) is 4.31. The Hall–Kier alpha value is -2.05. The number of nitrogens with one attached hydrogen (secondary N) is 1. The summed E-state index contributed by atoms with van der Waals surface area (Å²) >= 11 is 0. The molecule has 2 heterocycles. The highest BCUT2D eigenvalue weighted by Gasteiger charge is 2.12. The molecule has 0 aliphatic heterocycles. The van der Waals surface area contributed by atoms with Crippen LogP contribution in [-0.4, -0.2) is 40.8 Å². The second-order valence-electron chi connectivity index (χ2n) is 2.73. The van der Waals surface area contributed by atoms with Crippen LogP contribution in [0.2, 0.25) is 0 Å². The largest absolute Gasteiger partial charge is 0.491 e. The lowest BCUT2D eigenvalue weighted by Gasteiger charge is -2.03. The van der Waals surface area contributed by atoms with Gasteiger partial charge in [0.15, 0.2) is 5.75 Å². The van der Waals surface area contributed by atoms with Gasteiger partial charge >= 0.3 is 6.01 Å². The molecule has 0 saturated heterocycles. The monoisotopic (exact) mass is 209 g/mol. The molecule has 0 radical (unpaired) electrons. The van der Waals surface area contributed by atoms with Gasteiger partial charge in [-0.25, -0.2) is 0 Å². The average molecular weight is 209 g/mol. The molecule has 0 unspecified atom stereocenters. The van der Waals surface area contributed by atoms with E-state index in [2.05, 4.69) is 20.4 Å². The van der Waals surface area contributed by atoms with E-state index in [0.717, 1.165) is 0 Å². The second kappa shape index (κ2) is 3.60. The van der Waals surface area contributed by atoms with Crippen LogP contribution in [-0.2, 0) is 0 Å². The first-order valence-electron chi connectivity index (χ1n) is 4.31. The quantitative estimate of drug-likeness (QED) is 0.777. The number of aromatic nitrogens is 4. The predicted molar refractivity (Wildman–Crippen MR) is 53.4 cm³/mol. The van der Waals surface area contributed by atoms with Crippen LogP contribution >= 0.6 is 0 Å². The summed E-state index contributed by atoms with van der Waals surface area (Å²) < 4.78 is 11.6. The van der Waals surface area contributed by atoms with E-state index < -0.39 is 0 Å². The van der Waals surface area contributed by atoms with Gasteiger partial charge in [-0.1, -0.05) is 0 Å². The Kier molecular flexibility index (Phi) is 2.28. The third kappa shape index (κ3) is 1.41. The van der Waals surface area contributed by atoms with Crippen molar-refractivity contribution in [3.05, 3.63) is 6.20 Å². The molecule has 0 bridgehead atoms. The van der Waals surface area contributed by atoms with Gasteiger partial charge in [0.2, 0.25) is 11.6 Å². The van der Waals surface area contributed by atoms with E-state index in [1.54, 1.807) is 20.4 Å². The van der Waals surface area contributed by atoms with Gasteiger partial charge in [0.1, 0.15) is 0 Å². The number of rotatable bonds is 3. The lowest BCUT2D eigenvalue weighted by molar-refractivity contribution is 0.359. The fraction of sp³-hybridized carbons (Fsp3) is 0.375. The molecule has 0 fully saturated rings. The fourth-order valence-corrected chi connectivity index (χ4v) is 1.22. The molecule has 1 N–H and O–H groups in total. The summed E-state index contributed by atoms with van der Waals surface area (Å²) in [6.45, 7) is 0. The zero-order valence-electron chi connectivity index (χ0n) is 8.68. The maximum atomic E-state index is 5.12. The lowest BCUT2D eigenvalue weighted by atomic mass is 10.5. The van der Waals surface area contributed by atoms with Gasteiger partial charge < -0.3 is 14.8 Å². The van der Waals surface area contributed by atoms with Crippen LogP contribution in [0.25, 0.3) is 5.65 Å². The Labute approximate surface area is 86.0 Å². The number of ether oxygens (including phenoxy) is 2. The zero-order chi connectivity index (χ0) is 10.8. The van der Waals surface area contributed by atoms with Crippen molar-refractivity contribution in [2.45, 2.75) is 0 Å². The average Bonchev–Trinajstić information content (AvgIpc) is 2.71. The highest BCUT2D eigenvalue weighted by Crippen LogP contribution is 2.21. The minimum Gasteiger partial charge on any atom is -0.491 e. The molecule has 0 atom stereocenters. The van der Waals surface area contributed by atoms with Crippen LogP contribution in [0, 0.1) is 0 Å². The Morgan fingerprint density at radius 2 is 2.13 bits per heavy atom. The van der Waals surface area contributed by atoms with Crippen LogP contribution in [0.5, 0.6) is 11.8 Å². The molecule has 7 heteroatoms. The third-order valence-corrected chi connectivity index (χ3v) is 1.93. The molecule has 7 nitrogen and oxygen atoms in total. The Bertz CT molecular complexity index is 440. The van der Waals surface area contributed by atoms with Gasteiger partial charge in [-0.15, -0.1) is 5.10 Å². The van der Waals surface area contributed by atoms with Crippen molar-refractivity contribution in [3.8, 4) is 11.8 Å². The van der Waals surface area contributed by atoms with Crippen LogP contribution in [0.1, 0.15) is 0 Å². The predicted octanol–water partition coefficient (Wildman–Crippen LogP) is 0.183. The minimum atomic E-state index is 0.361. The first-order chi connectivity index (χ1) is 7.30. The molecule has 2 rings (SSSR count). The normalized spacial score (nSPS) is 10.3. The van der Waals surface area contributed by atoms with Gasteiger partial charge in [0.05, 0.1) is 20.4 Å². The van der Waals surface area contributed by atoms with E-state index in [9.17, 15) is 0 Å². The summed E-state index contributed by atoms with van der Waals surface area (Å²) in [5.74, 6) is 1.03. The summed E-state index contributed by atoms with van der Waals surface area (Å²) in [6.07, 6.45) is 1.54. The highest BCUT2D eigenvalue weighted by atomic mass is 16.5. The van der Waals surface area contributed by atoms with E-state index in [4.69, 9.17) is 9.47 Å². The summed E-state index contributed by atoms with van der Waals surface area (Å²) in [4.78, 5) is 8.24. The molecular formula is C8H11N5O2. The summed E-state index contributed by atoms with van der Waals surface area (Å²) in [5, 5.41) is 6.97. The number of nitrogens with zero attached hydrogens (tertiary/aromatic N) is 4. The number of hydrogen-bond acceptors (Lipinski definition) is 6. The van der Waals surface area contributed by atoms with E-state index in [1.165, 1.54) is 11.6 Å². The molecule has 0 spiro atoms. The smallest absolute Gasteiger partial charge is 0.319 e. The van der Waals surface area contributed by atoms with Gasteiger partial charge in [0.25, 0.3) is 0 Å². The van der Waals surface area contributed by atoms with Crippen LogP contribution in [0.4, 0.5) is 5.95 Å². The molecule has 0 aliphatic rings. The lowest BCUT2D eigenvalue weighted by Crippen LogP contribution is -2.00. The summed E-state index contributed by atoms with van der Waals surface area (Å²) in [7, 11) is 4.81. The Balaban J connectivity index is 2.71. The van der Waals surface area contributed by atoms with Crippen molar-refractivity contribution in [3.63, 3.8) is 0 Å². The van der Waals surface area contributed by atoms with Crippen molar-refractivity contribution in [2.75, 3.05) is 26.6 Å². The van der Waals surface area contributed by atoms with Gasteiger partial charge in [-0.2, -0.15) is 14.5 Å². The van der Waals surface area contributed by atoms with E-state index >= 15 is 0 Å². The number of anilines is 1. The van der Waals surface area contributed by atoms with Crippen LogP contribution < -0.4 is 14.8 Å². The summed E-state index contributed by atoms with van der Waals surface area (Å²) in [5.41, 5.74) is 0.564. The topological polar surface area (TPSA) is 73.6 Å². The van der Waals surface area contributed by atoms with E-state index in [0.29, 0.717) is 23.4 Å². The van der Waals surface area contributed by atoms with Crippen molar-refractivity contribution in [2.24, 2.45) is 0 Å². The summed E-state index contributed by atoms with van der Waals surface area (Å²) in [6, 6.07) is 0.361. The molecule has 0 aromatic carbocycles. The number of fused-ring (bicyclic) bond motifs is 1. The van der Waals surface area contributed by atoms with Gasteiger partial charge in [-0.05, 0) is 0 Å². The molecular weight excluding hydrogens is 198 g/mol. The van der Waals surface area contributed by atoms with Gasteiger partial charge in [0, 0.05) is 7.05 Å². The molecule has 0 amide bonds. The molecule has 0 saturated carbocycles. The van der Waals surface area contributed by atoms with Crippen molar-refractivity contribution < 1.29 is 9.47 Å². The third-order valence-electron chi connectivity index (χ3n) is 1.93. The molecule has 15 heavy (non-hydrogen) atoms. The fourth-order valence-electron chi connectivity index (χ4n) is 1.22. The maximum Gasteiger partial charge on any atom is 0.319 e. The Morgan fingerprint density at radius 3 is 2.73 bits per heavy atom. The number of methoxy groups -OCH3 is 2. The van der Waals surface area contributed by atoms with E-state index in [1.807, 2.05) is 0 Å². The highest BCUT2D eigenvalue weighted by molar-refractivity contribution is 5.55. The van der Waals surface area contributed by atoms with Crippen molar-refractivity contribution >= 4 is 11.6 Å². The van der Waals surface area contributed by atoms with Gasteiger partial charge in [-0.3, -0.25) is 0 Å². The van der Waals surface area contributed by atoms with E-state index in [-0.39, 0.29) is 0 Å². The second-order valence-corrected chi connectivity index (χ2v) is 2.73. The molecule has 2 aromatic heterocycles. The van der Waals surface area contributed by atoms with Crippen molar-refractivity contribution in [1.29, 1.82) is 0 Å². The van der Waals surface area contributed by atoms with Crippen LogP contribution in [0.3, 0.4) is 0 Å². The first kappa shape index (κ1) is 9.50. The maximum absolute atomic E-state index is 5.12.